The minimum atomic E-state index is -0.946. The summed E-state index contributed by atoms with van der Waals surface area (Å²) in [5.74, 6) is -1.43. The fourth-order valence-corrected chi connectivity index (χ4v) is 3.99. The number of nitrogens with zero attached hydrogens (tertiary/aromatic N) is 2. The minimum absolute atomic E-state index is 0.0842. The first-order chi connectivity index (χ1) is 15.6. The van der Waals surface area contributed by atoms with Gasteiger partial charge in [0.25, 0.3) is 0 Å². The first kappa shape index (κ1) is 27.0. The van der Waals surface area contributed by atoms with Crippen molar-refractivity contribution in [2.24, 2.45) is 4.58 Å². The van der Waals surface area contributed by atoms with Crippen LogP contribution in [0.25, 0.3) is 0 Å². The summed E-state index contributed by atoms with van der Waals surface area (Å²) in [5, 5.41) is 12.0. The smallest absolute Gasteiger partial charge is 0.307 e. The Hall–Kier alpha value is -2.20. The predicted octanol–water partition coefficient (Wildman–Crippen LogP) is 5.67. The number of benzene rings is 2. The largest absolute Gasteiger partial charge is 0.481 e. The van der Waals surface area contributed by atoms with Crippen molar-refractivity contribution < 1.29 is 19.0 Å². The molecule has 0 unspecified atom stereocenters. The number of hydrogen-bond acceptors (Lipinski definition) is 7. The summed E-state index contributed by atoms with van der Waals surface area (Å²) in [7, 11) is 0. The van der Waals surface area contributed by atoms with Gasteiger partial charge in [-0.2, -0.15) is 0 Å². The van der Waals surface area contributed by atoms with Gasteiger partial charge in [-0.25, -0.2) is 4.39 Å². The molecule has 1 aliphatic rings. The molecule has 180 valence electrons. The molecule has 1 aliphatic heterocycles. The van der Waals surface area contributed by atoms with Crippen LogP contribution in [-0.4, -0.2) is 53.6 Å². The average Bonchev–Trinajstić information content (AvgIpc) is 2.72. The lowest BCUT2D eigenvalue weighted by Gasteiger charge is -2.32. The summed E-state index contributed by atoms with van der Waals surface area (Å²) < 4.78 is 21.8. The van der Waals surface area contributed by atoms with Gasteiger partial charge in [-0.15, -0.1) is 4.91 Å². The number of morpholine rings is 1. The number of carboxylic acid groups (broad SMARTS) is 1. The van der Waals surface area contributed by atoms with Gasteiger partial charge in [0.15, 0.2) is 0 Å². The van der Waals surface area contributed by atoms with Gasteiger partial charge in [-0.1, -0.05) is 35.4 Å². The standard InChI is InChI=1S/C15H13ClFNO2.C8H16N2O2S/c1-9-5-6-13(10(7-9)8-14(19)20)18-15-11(16)3-2-4-12(15)17;1-8(2,13-9-11)7-10-3-5-12-6-4-10/h2-7,18H,8H2,1H3,(H,19,20);3-7H2,1-2H3. The number of hydrogen-bond donors (Lipinski definition) is 2. The van der Waals surface area contributed by atoms with Gasteiger partial charge < -0.3 is 15.2 Å². The van der Waals surface area contributed by atoms with Crippen LogP contribution >= 0.6 is 23.5 Å². The van der Waals surface area contributed by atoms with E-state index >= 15 is 0 Å². The number of ether oxygens (including phenoxy) is 1. The molecular weight excluding hydrogens is 469 g/mol. The number of nitrogens with one attached hydrogen (secondary N) is 1. The normalized spacial score (nSPS) is 14.2. The first-order valence-corrected chi connectivity index (χ1v) is 11.6. The highest BCUT2D eigenvalue weighted by Crippen LogP contribution is 2.30. The van der Waals surface area contributed by atoms with Crippen molar-refractivity contribution in [1.82, 2.24) is 4.90 Å². The van der Waals surface area contributed by atoms with Crippen molar-refractivity contribution in [3.8, 4) is 0 Å². The highest BCUT2D eigenvalue weighted by atomic mass is 35.5. The number of rotatable bonds is 8. The second-order valence-electron chi connectivity index (χ2n) is 8.27. The van der Waals surface area contributed by atoms with Crippen LogP contribution in [0.4, 0.5) is 15.8 Å². The second-order valence-corrected chi connectivity index (χ2v) is 10.1. The molecule has 3 rings (SSSR count). The number of aliphatic carboxylic acids is 1. The monoisotopic (exact) mass is 497 g/mol. The van der Waals surface area contributed by atoms with Crippen LogP contribution in [0.15, 0.2) is 41.0 Å². The molecule has 0 aliphatic carbocycles. The van der Waals surface area contributed by atoms with Gasteiger partial charge in [0.05, 0.1) is 30.3 Å². The Kier molecular flexibility index (Phi) is 10.6. The van der Waals surface area contributed by atoms with Gasteiger partial charge in [0.2, 0.25) is 0 Å². The van der Waals surface area contributed by atoms with E-state index in [1.54, 1.807) is 18.2 Å². The molecule has 2 aromatic rings. The lowest BCUT2D eigenvalue weighted by molar-refractivity contribution is -0.136. The maximum atomic E-state index is 13.7. The highest BCUT2D eigenvalue weighted by Gasteiger charge is 2.24. The van der Waals surface area contributed by atoms with E-state index in [0.717, 1.165) is 50.4 Å². The van der Waals surface area contributed by atoms with Crippen molar-refractivity contribution in [3.05, 3.63) is 63.3 Å². The zero-order valence-corrected chi connectivity index (χ0v) is 20.5. The average molecular weight is 498 g/mol. The number of carboxylic acids is 1. The topological polar surface area (TPSA) is 91.2 Å². The number of anilines is 2. The van der Waals surface area contributed by atoms with Gasteiger partial charge in [0.1, 0.15) is 5.82 Å². The lowest BCUT2D eigenvalue weighted by atomic mass is 10.1. The maximum Gasteiger partial charge on any atom is 0.307 e. The molecule has 0 atom stereocenters. The van der Waals surface area contributed by atoms with Crippen LogP contribution < -0.4 is 5.32 Å². The zero-order chi connectivity index (χ0) is 24.4. The quantitative estimate of drug-likeness (QED) is 0.358. The first-order valence-electron chi connectivity index (χ1n) is 10.4. The van der Waals surface area contributed by atoms with Crippen LogP contribution in [0.5, 0.6) is 0 Å². The number of carbonyl (C=O) groups is 1. The van der Waals surface area contributed by atoms with E-state index in [4.69, 9.17) is 21.4 Å². The molecule has 0 bridgehead atoms. The predicted molar refractivity (Wildman–Crippen MR) is 132 cm³/mol. The van der Waals surface area contributed by atoms with Crippen LogP contribution in [0.2, 0.25) is 5.02 Å². The molecule has 0 amide bonds. The Bertz CT molecular complexity index is 935. The number of nitroso groups, excluding NO2 is 1. The van der Waals surface area contributed by atoms with E-state index < -0.39 is 11.8 Å². The van der Waals surface area contributed by atoms with E-state index in [-0.39, 0.29) is 21.9 Å². The SMILES string of the molecule is CC(C)(CN1CCOCC1)SN=O.Cc1ccc(Nc2c(F)cccc2Cl)c(CC(=O)O)c1. The van der Waals surface area contributed by atoms with Gasteiger partial charge in [-0.3, -0.25) is 9.69 Å². The zero-order valence-electron chi connectivity index (χ0n) is 18.9. The van der Waals surface area contributed by atoms with Crippen molar-refractivity contribution in [1.29, 1.82) is 0 Å². The van der Waals surface area contributed by atoms with E-state index in [1.165, 1.54) is 12.1 Å². The third kappa shape index (κ3) is 9.29. The Labute approximate surface area is 202 Å². The minimum Gasteiger partial charge on any atom is -0.481 e. The molecule has 0 aromatic heterocycles. The Balaban J connectivity index is 0.000000257. The van der Waals surface area contributed by atoms with Crippen LogP contribution in [0.1, 0.15) is 25.0 Å². The van der Waals surface area contributed by atoms with Crippen LogP contribution in [0.3, 0.4) is 0 Å². The molecule has 1 heterocycles. The molecule has 2 N–H and O–H groups in total. The molecule has 1 saturated heterocycles. The summed E-state index contributed by atoms with van der Waals surface area (Å²) in [5.41, 5.74) is 2.19. The van der Waals surface area contributed by atoms with E-state index in [2.05, 4.69) is 14.8 Å². The van der Waals surface area contributed by atoms with Crippen LogP contribution in [0, 0.1) is 17.6 Å². The third-order valence-corrected chi connectivity index (χ3v) is 5.83. The van der Waals surface area contributed by atoms with Crippen molar-refractivity contribution in [2.75, 3.05) is 38.2 Å². The number of para-hydroxylation sites is 1. The summed E-state index contributed by atoms with van der Waals surface area (Å²) in [6.07, 6.45) is -0.143. The highest BCUT2D eigenvalue weighted by molar-refractivity contribution is 7.99. The van der Waals surface area contributed by atoms with Gasteiger partial charge >= 0.3 is 5.97 Å². The van der Waals surface area contributed by atoms with E-state index in [9.17, 15) is 14.1 Å². The molecule has 0 spiro atoms. The Morgan fingerprint density at radius 3 is 2.61 bits per heavy atom. The molecule has 1 fully saturated rings. The summed E-state index contributed by atoms with van der Waals surface area (Å²) >= 11 is 7.06. The number of aryl methyl sites for hydroxylation is 1. The second kappa shape index (κ2) is 12.9. The Morgan fingerprint density at radius 2 is 2.00 bits per heavy atom. The molecule has 7 nitrogen and oxygen atoms in total. The van der Waals surface area contributed by atoms with E-state index in [1.807, 2.05) is 26.8 Å². The fraction of sp³-hybridized carbons (Fsp3) is 0.435. The van der Waals surface area contributed by atoms with Crippen LogP contribution in [-0.2, 0) is 16.0 Å². The molecule has 0 radical (unpaired) electrons. The lowest BCUT2D eigenvalue weighted by Crippen LogP contribution is -2.43. The van der Waals surface area contributed by atoms with Gasteiger partial charge in [0, 0.05) is 46.6 Å². The van der Waals surface area contributed by atoms with E-state index in [0.29, 0.717) is 11.3 Å². The van der Waals surface area contributed by atoms with Gasteiger partial charge in [-0.05, 0) is 44.5 Å². The molecular formula is C23H29ClFN3O4S. The number of halogens is 2. The summed E-state index contributed by atoms with van der Waals surface area (Å²) in [6, 6.07) is 9.66. The summed E-state index contributed by atoms with van der Waals surface area (Å²) in [6.45, 7) is 10.4. The van der Waals surface area contributed by atoms with Crippen molar-refractivity contribution >= 4 is 40.9 Å². The Morgan fingerprint density at radius 1 is 1.30 bits per heavy atom. The molecule has 33 heavy (non-hydrogen) atoms. The molecule has 10 heteroatoms. The maximum absolute atomic E-state index is 13.7. The van der Waals surface area contributed by atoms with Crippen molar-refractivity contribution in [2.45, 2.75) is 31.9 Å². The molecule has 0 saturated carbocycles. The third-order valence-electron chi connectivity index (χ3n) is 4.82. The summed E-state index contributed by atoms with van der Waals surface area (Å²) in [4.78, 5) is 23.3. The van der Waals surface area contributed by atoms with Crippen molar-refractivity contribution in [3.63, 3.8) is 0 Å². The molecule has 2 aromatic carbocycles. The fourth-order valence-electron chi connectivity index (χ4n) is 3.33.